The van der Waals surface area contributed by atoms with E-state index in [0.717, 1.165) is 53.5 Å². The molecule has 1 aliphatic rings. The molecule has 2 N–H and O–H groups in total. The maximum absolute atomic E-state index is 13.7. The molecule has 0 bridgehead atoms. The van der Waals surface area contributed by atoms with Crippen molar-refractivity contribution in [3.63, 3.8) is 0 Å². The van der Waals surface area contributed by atoms with Crippen LogP contribution in [-0.2, 0) is 0 Å². The first-order valence-corrected chi connectivity index (χ1v) is 10.2. The van der Waals surface area contributed by atoms with Gasteiger partial charge in [0.15, 0.2) is 0 Å². The quantitative estimate of drug-likeness (QED) is 0.517. The van der Waals surface area contributed by atoms with Gasteiger partial charge in [-0.3, -0.25) is 4.98 Å². The number of hydrogen-bond donors (Lipinski definition) is 2. The number of aromatic amines is 1. The summed E-state index contributed by atoms with van der Waals surface area (Å²) in [6.07, 6.45) is 7.43. The van der Waals surface area contributed by atoms with Gasteiger partial charge in [0.2, 0.25) is 5.88 Å². The molecule has 0 spiro atoms. The first-order chi connectivity index (χ1) is 15.2. The molecule has 1 aliphatic heterocycles. The van der Waals surface area contributed by atoms with Gasteiger partial charge in [0.25, 0.3) is 0 Å². The molecule has 1 fully saturated rings. The first kappa shape index (κ1) is 19.2. The molecule has 0 unspecified atom stereocenters. The summed E-state index contributed by atoms with van der Waals surface area (Å²) >= 11 is 0. The Morgan fingerprint density at radius 2 is 2.00 bits per heavy atom. The second-order valence-electron chi connectivity index (χ2n) is 7.60. The highest BCUT2D eigenvalue weighted by Crippen LogP contribution is 2.32. The van der Waals surface area contributed by atoms with Crippen LogP contribution in [0.2, 0.25) is 0 Å². The molecule has 1 saturated heterocycles. The summed E-state index contributed by atoms with van der Waals surface area (Å²) in [5.74, 6) is -0.0104. The fourth-order valence-corrected chi connectivity index (χ4v) is 3.93. The molecule has 0 radical (unpaired) electrons. The van der Waals surface area contributed by atoms with Gasteiger partial charge in [0.1, 0.15) is 18.0 Å². The van der Waals surface area contributed by atoms with Crippen LogP contribution < -0.4 is 10.1 Å². The van der Waals surface area contributed by atoms with Crippen LogP contribution in [0.3, 0.4) is 0 Å². The molecule has 0 aliphatic carbocycles. The Kier molecular flexibility index (Phi) is 5.06. The molecule has 2 aromatic carbocycles. The van der Waals surface area contributed by atoms with Gasteiger partial charge in [-0.05, 0) is 54.8 Å². The molecular weight excluding hydrogens is 393 g/mol. The fraction of sp³-hybridized carbons (Fsp3) is 0.208. The largest absolute Gasteiger partial charge is 0.472 e. The van der Waals surface area contributed by atoms with Crippen molar-refractivity contribution >= 4 is 10.9 Å². The topological polar surface area (TPSA) is 86.6 Å². The van der Waals surface area contributed by atoms with Crippen LogP contribution in [0.15, 0.2) is 55.0 Å². The number of nitrogens with one attached hydrogen (secondary N) is 2. The van der Waals surface area contributed by atoms with E-state index in [1.165, 1.54) is 6.07 Å². The molecule has 1 atom stereocenters. The van der Waals surface area contributed by atoms with Gasteiger partial charge in [-0.1, -0.05) is 12.1 Å². The maximum atomic E-state index is 13.7. The lowest BCUT2D eigenvalue weighted by Crippen LogP contribution is -2.37. The average molecular weight is 413 g/mol. The van der Waals surface area contributed by atoms with Crippen molar-refractivity contribution in [1.29, 1.82) is 5.26 Å². The number of benzene rings is 2. The molecule has 31 heavy (non-hydrogen) atoms. The van der Waals surface area contributed by atoms with Crippen LogP contribution in [0.25, 0.3) is 33.3 Å². The van der Waals surface area contributed by atoms with Gasteiger partial charge in [0.05, 0.1) is 23.7 Å². The number of rotatable bonds is 4. The van der Waals surface area contributed by atoms with Gasteiger partial charge in [0, 0.05) is 29.2 Å². The van der Waals surface area contributed by atoms with Crippen LogP contribution in [-0.4, -0.2) is 34.1 Å². The molecule has 2 aromatic heterocycles. The van der Waals surface area contributed by atoms with Crippen molar-refractivity contribution in [3.05, 3.63) is 66.4 Å². The SMILES string of the molecule is N#Cc1cc(-c2ccc3[nH]cc(-c4cncc(O[C@@H]5CCCNC5)n4)c3c2)ccc1F. The Morgan fingerprint density at radius 1 is 1.13 bits per heavy atom. The molecule has 0 amide bonds. The average Bonchev–Trinajstić information content (AvgIpc) is 3.23. The number of nitrogens with zero attached hydrogens (tertiary/aromatic N) is 3. The normalized spacial score (nSPS) is 16.2. The Bertz CT molecular complexity index is 1290. The van der Waals surface area contributed by atoms with E-state index in [1.807, 2.05) is 30.5 Å². The van der Waals surface area contributed by atoms with Gasteiger partial charge in [-0.15, -0.1) is 0 Å². The van der Waals surface area contributed by atoms with Crippen molar-refractivity contribution in [1.82, 2.24) is 20.3 Å². The predicted octanol–water partition coefficient (Wildman–Crippen LogP) is 4.43. The van der Waals surface area contributed by atoms with E-state index >= 15 is 0 Å². The number of nitriles is 1. The Balaban J connectivity index is 1.50. The van der Waals surface area contributed by atoms with Crippen LogP contribution in [0.1, 0.15) is 18.4 Å². The monoisotopic (exact) mass is 413 g/mol. The molecule has 5 rings (SSSR count). The third-order valence-corrected chi connectivity index (χ3v) is 5.53. The highest BCUT2D eigenvalue weighted by atomic mass is 19.1. The summed E-state index contributed by atoms with van der Waals surface area (Å²) in [7, 11) is 0. The zero-order chi connectivity index (χ0) is 21.2. The van der Waals surface area contributed by atoms with E-state index in [4.69, 9.17) is 10.00 Å². The number of aromatic nitrogens is 3. The van der Waals surface area contributed by atoms with E-state index in [1.54, 1.807) is 24.5 Å². The predicted molar refractivity (Wildman–Crippen MR) is 116 cm³/mol. The fourth-order valence-electron chi connectivity index (χ4n) is 3.93. The van der Waals surface area contributed by atoms with Crippen molar-refractivity contribution in [3.8, 4) is 34.3 Å². The summed E-state index contributed by atoms with van der Waals surface area (Å²) in [6, 6.07) is 12.4. The minimum absolute atomic E-state index is 0.0276. The van der Waals surface area contributed by atoms with Gasteiger partial charge < -0.3 is 15.0 Å². The van der Waals surface area contributed by atoms with E-state index in [2.05, 4.69) is 20.3 Å². The van der Waals surface area contributed by atoms with Crippen molar-refractivity contribution in [2.75, 3.05) is 13.1 Å². The summed E-state index contributed by atoms with van der Waals surface area (Å²) in [5, 5.41) is 13.4. The Morgan fingerprint density at radius 3 is 2.84 bits per heavy atom. The molecule has 154 valence electrons. The third-order valence-electron chi connectivity index (χ3n) is 5.53. The lowest BCUT2D eigenvalue weighted by atomic mass is 10.00. The van der Waals surface area contributed by atoms with E-state index < -0.39 is 5.82 Å². The molecule has 3 heterocycles. The van der Waals surface area contributed by atoms with Crippen molar-refractivity contribution in [2.24, 2.45) is 0 Å². The number of piperidine rings is 1. The molecule has 6 nitrogen and oxygen atoms in total. The van der Waals surface area contributed by atoms with E-state index in [0.29, 0.717) is 11.6 Å². The highest BCUT2D eigenvalue weighted by molar-refractivity contribution is 5.97. The van der Waals surface area contributed by atoms with Crippen LogP contribution in [0.4, 0.5) is 4.39 Å². The number of ether oxygens (including phenoxy) is 1. The molecule has 0 saturated carbocycles. The third kappa shape index (κ3) is 3.86. The van der Waals surface area contributed by atoms with Gasteiger partial charge in [-0.2, -0.15) is 5.26 Å². The maximum Gasteiger partial charge on any atom is 0.233 e. The molecular formula is C24H20FN5O. The molecule has 4 aromatic rings. The summed E-state index contributed by atoms with van der Waals surface area (Å²) in [6.45, 7) is 1.83. The number of hydrogen-bond acceptors (Lipinski definition) is 5. The zero-order valence-corrected chi connectivity index (χ0v) is 16.7. The Hall–Kier alpha value is -3.76. The smallest absolute Gasteiger partial charge is 0.233 e. The van der Waals surface area contributed by atoms with Crippen LogP contribution in [0.5, 0.6) is 5.88 Å². The van der Waals surface area contributed by atoms with Crippen LogP contribution >= 0.6 is 0 Å². The van der Waals surface area contributed by atoms with Gasteiger partial charge >= 0.3 is 0 Å². The molecule has 7 heteroatoms. The van der Waals surface area contributed by atoms with E-state index in [9.17, 15) is 4.39 Å². The Labute approximate surface area is 178 Å². The number of H-pyrrole nitrogens is 1. The first-order valence-electron chi connectivity index (χ1n) is 10.2. The lowest BCUT2D eigenvalue weighted by Gasteiger charge is -2.23. The van der Waals surface area contributed by atoms with Gasteiger partial charge in [-0.25, -0.2) is 9.37 Å². The number of halogens is 1. The van der Waals surface area contributed by atoms with Crippen molar-refractivity contribution in [2.45, 2.75) is 18.9 Å². The summed E-state index contributed by atoms with van der Waals surface area (Å²) < 4.78 is 19.7. The standard InChI is InChI=1S/C24H20FN5O/c25-21-5-3-15(8-17(21)10-26)16-4-6-22-19(9-16)20(12-29-22)23-13-28-14-24(30-23)31-18-2-1-7-27-11-18/h3-6,8-9,12-14,18,27,29H,1-2,7,11H2/t18-/m1/s1. The van der Waals surface area contributed by atoms with Crippen LogP contribution in [0, 0.1) is 17.1 Å². The highest BCUT2D eigenvalue weighted by Gasteiger charge is 2.16. The second kappa shape index (κ2) is 8.17. The second-order valence-corrected chi connectivity index (χ2v) is 7.60. The summed E-state index contributed by atoms with van der Waals surface area (Å²) in [4.78, 5) is 12.3. The summed E-state index contributed by atoms with van der Waals surface area (Å²) in [5.41, 5.74) is 4.25. The number of fused-ring (bicyclic) bond motifs is 1. The minimum atomic E-state index is -0.519. The minimum Gasteiger partial charge on any atom is -0.472 e. The zero-order valence-electron chi connectivity index (χ0n) is 16.7. The van der Waals surface area contributed by atoms with Crippen molar-refractivity contribution < 1.29 is 9.13 Å². The lowest BCUT2D eigenvalue weighted by molar-refractivity contribution is 0.160. The van der Waals surface area contributed by atoms with E-state index in [-0.39, 0.29) is 11.7 Å².